The molecule has 1 aliphatic heterocycles. The first-order valence-electron chi connectivity index (χ1n) is 7.61. The fourth-order valence-corrected chi connectivity index (χ4v) is 4.03. The first-order valence-corrected chi connectivity index (χ1v) is 9.61. The third-order valence-electron chi connectivity index (χ3n) is 3.88. The number of amides is 1. The zero-order valence-corrected chi connectivity index (χ0v) is 14.8. The first-order chi connectivity index (χ1) is 10.4. The zero-order chi connectivity index (χ0) is 16.2. The van der Waals surface area contributed by atoms with Gasteiger partial charge in [0.05, 0.1) is 10.9 Å². The number of sulfonamides is 1. The Balaban J connectivity index is 2.04. The Morgan fingerprint density at radius 3 is 2.59 bits per heavy atom. The highest BCUT2D eigenvalue weighted by atomic mass is 32.2. The van der Waals surface area contributed by atoms with Crippen molar-refractivity contribution >= 4 is 25.3 Å². The molecule has 2 rings (SSSR count). The molecule has 1 amide bonds. The van der Waals surface area contributed by atoms with Crippen molar-refractivity contribution in [2.75, 3.05) is 6.54 Å². The van der Waals surface area contributed by atoms with Crippen molar-refractivity contribution in [2.24, 2.45) is 0 Å². The van der Waals surface area contributed by atoms with E-state index >= 15 is 0 Å². The van der Waals surface area contributed by atoms with E-state index in [1.54, 1.807) is 16.8 Å². The summed E-state index contributed by atoms with van der Waals surface area (Å²) in [6.45, 7) is 2.90. The van der Waals surface area contributed by atoms with E-state index in [4.69, 9.17) is 0 Å². The van der Waals surface area contributed by atoms with Gasteiger partial charge in [0.25, 0.3) is 15.9 Å². The van der Waals surface area contributed by atoms with Crippen molar-refractivity contribution in [1.29, 1.82) is 0 Å². The Morgan fingerprint density at radius 2 is 2.05 bits per heavy atom. The van der Waals surface area contributed by atoms with Crippen LogP contribution in [0.3, 0.4) is 0 Å². The third kappa shape index (κ3) is 4.28. The maximum Gasteiger partial charge on any atom is 0.264 e. The van der Waals surface area contributed by atoms with Crippen LogP contribution in [0.15, 0.2) is 29.2 Å². The molecule has 1 aliphatic rings. The van der Waals surface area contributed by atoms with Crippen molar-refractivity contribution in [3.8, 4) is 0 Å². The summed E-state index contributed by atoms with van der Waals surface area (Å²) in [6.07, 6.45) is 4.69. The number of rotatable bonds is 6. The van der Waals surface area contributed by atoms with Gasteiger partial charge in [-0.25, -0.2) is 13.1 Å². The molecule has 1 fully saturated rings. The lowest BCUT2D eigenvalue weighted by molar-refractivity contribution is -0.122. The Bertz CT molecular complexity index is 616. The maximum absolute atomic E-state index is 12.3. The molecule has 1 aromatic carbocycles. The lowest BCUT2D eigenvalue weighted by Crippen LogP contribution is -2.42. The second-order valence-electron chi connectivity index (χ2n) is 5.61. The van der Waals surface area contributed by atoms with E-state index in [-0.39, 0.29) is 10.9 Å². The van der Waals surface area contributed by atoms with Gasteiger partial charge in [-0.15, -0.1) is 0 Å². The van der Waals surface area contributed by atoms with Crippen molar-refractivity contribution in [3.63, 3.8) is 0 Å². The minimum Gasteiger partial charge on any atom is -0.275 e. The smallest absolute Gasteiger partial charge is 0.264 e. The lowest BCUT2D eigenvalue weighted by atomic mass is 10.1. The fourth-order valence-electron chi connectivity index (χ4n) is 2.55. The third-order valence-corrected chi connectivity index (χ3v) is 5.87. The zero-order valence-electron chi connectivity index (χ0n) is 12.8. The van der Waals surface area contributed by atoms with Crippen LogP contribution in [0.2, 0.25) is 0 Å². The molecule has 0 bridgehead atoms. The van der Waals surface area contributed by atoms with Crippen molar-refractivity contribution < 1.29 is 13.2 Å². The molecule has 1 saturated heterocycles. The topological polar surface area (TPSA) is 66.5 Å². The molecule has 1 heterocycles. The lowest BCUT2D eigenvalue weighted by Gasteiger charge is -2.18. The Morgan fingerprint density at radius 1 is 1.36 bits per heavy atom. The van der Waals surface area contributed by atoms with Crippen LogP contribution in [0.5, 0.6) is 0 Å². The van der Waals surface area contributed by atoms with Gasteiger partial charge in [0.1, 0.15) is 0 Å². The maximum atomic E-state index is 12.3. The molecule has 22 heavy (non-hydrogen) atoms. The summed E-state index contributed by atoms with van der Waals surface area (Å²) >= 11 is 0. The van der Waals surface area contributed by atoms with Gasteiger partial charge < -0.3 is 0 Å². The number of unbranched alkanes of at least 4 members (excludes halogenated alkanes) is 1. The minimum absolute atomic E-state index is 0.134. The van der Waals surface area contributed by atoms with Gasteiger partial charge in [-0.3, -0.25) is 9.46 Å². The molecule has 1 unspecified atom stereocenters. The number of carbonyl (C=O) groups is 1. The van der Waals surface area contributed by atoms with Crippen LogP contribution in [0.25, 0.3) is 0 Å². The molecule has 7 heteroatoms. The quantitative estimate of drug-likeness (QED) is 0.804. The molecule has 1 N–H and O–H groups in total. The largest absolute Gasteiger partial charge is 0.275 e. The molecule has 2 atom stereocenters. The van der Waals surface area contributed by atoms with Gasteiger partial charge in [-0.1, -0.05) is 34.9 Å². The molecule has 0 spiro atoms. The van der Waals surface area contributed by atoms with Crippen LogP contribution in [-0.2, 0) is 21.2 Å². The van der Waals surface area contributed by atoms with Gasteiger partial charge in [0.15, 0.2) is 0 Å². The van der Waals surface area contributed by atoms with Crippen LogP contribution < -0.4 is 4.72 Å². The number of hydrogen-bond donors (Lipinski definition) is 1. The van der Waals surface area contributed by atoms with Crippen molar-refractivity contribution in [1.82, 2.24) is 9.39 Å². The predicted molar refractivity (Wildman–Crippen MR) is 89.8 cm³/mol. The average Bonchev–Trinajstić information content (AvgIpc) is 2.91. The summed E-state index contributed by atoms with van der Waals surface area (Å²) in [5.74, 6) is -0.456. The second-order valence-corrected chi connectivity index (χ2v) is 7.96. The Hall–Kier alpha value is -0.970. The van der Waals surface area contributed by atoms with Crippen LogP contribution in [-0.4, -0.2) is 31.6 Å². The molecule has 0 radical (unpaired) electrons. The monoisotopic (exact) mass is 342 g/mol. The molecular weight excluding hydrogens is 319 g/mol. The summed E-state index contributed by atoms with van der Waals surface area (Å²) in [5.41, 5.74) is 1.11. The van der Waals surface area contributed by atoms with Gasteiger partial charge >= 0.3 is 0 Å². The molecular formula is C15H23N2O3PS. The normalized spacial score (nSPS) is 19.3. The highest BCUT2D eigenvalue weighted by molar-refractivity contribution is 7.90. The van der Waals surface area contributed by atoms with Crippen LogP contribution in [0.4, 0.5) is 0 Å². The van der Waals surface area contributed by atoms with Gasteiger partial charge in [-0.2, -0.15) is 0 Å². The van der Waals surface area contributed by atoms with Crippen molar-refractivity contribution in [2.45, 2.75) is 50.0 Å². The fraction of sp³-hybridized carbons (Fsp3) is 0.533. The number of carbonyl (C=O) groups excluding carboxylic acids is 1. The summed E-state index contributed by atoms with van der Waals surface area (Å²) in [4.78, 5) is 12.2. The first kappa shape index (κ1) is 17.4. The summed E-state index contributed by atoms with van der Waals surface area (Å²) in [6, 6.07) is 6.36. The van der Waals surface area contributed by atoms with Crippen molar-refractivity contribution in [3.05, 3.63) is 29.8 Å². The highest BCUT2D eigenvalue weighted by Crippen LogP contribution is 2.21. The summed E-state index contributed by atoms with van der Waals surface area (Å²) < 4.78 is 28.5. The van der Waals surface area contributed by atoms with E-state index in [2.05, 4.69) is 21.0 Å². The predicted octanol–water partition coefficient (Wildman–Crippen LogP) is 2.09. The van der Waals surface area contributed by atoms with Crippen LogP contribution in [0.1, 0.15) is 38.2 Å². The van der Waals surface area contributed by atoms with E-state index < -0.39 is 15.9 Å². The number of hydrogen-bond acceptors (Lipinski definition) is 4. The van der Waals surface area contributed by atoms with E-state index in [1.807, 2.05) is 12.1 Å². The molecule has 1 aromatic rings. The van der Waals surface area contributed by atoms with Gasteiger partial charge in [0, 0.05) is 6.54 Å². The molecule has 5 nitrogen and oxygen atoms in total. The van der Waals surface area contributed by atoms with E-state index in [0.29, 0.717) is 6.42 Å². The van der Waals surface area contributed by atoms with E-state index in [0.717, 1.165) is 37.8 Å². The highest BCUT2D eigenvalue weighted by Gasteiger charge is 2.30. The van der Waals surface area contributed by atoms with Gasteiger partial charge in [-0.05, 0) is 43.4 Å². The molecule has 0 aliphatic carbocycles. The number of nitrogens with zero attached hydrogens (tertiary/aromatic N) is 1. The number of nitrogens with one attached hydrogen (secondary N) is 1. The summed E-state index contributed by atoms with van der Waals surface area (Å²) in [5, 5.41) is 0. The van der Waals surface area contributed by atoms with E-state index in [1.165, 1.54) is 0 Å². The SMILES string of the molecule is CCCCc1ccc(S(=O)(=O)NC(=O)[C@@H]2CCCN2P)cc1. The Kier molecular flexibility index (Phi) is 5.95. The standard InChI is InChI=1S/C15H23N2O3PS/c1-2-3-5-12-7-9-13(10-8-12)22(19,20)16-15(18)14-6-4-11-17(14)21/h7-10,14H,2-6,11,21H2,1H3,(H,16,18)/t14-/m0/s1. The van der Waals surface area contributed by atoms with Gasteiger partial charge in [0.2, 0.25) is 0 Å². The second kappa shape index (κ2) is 7.53. The van der Waals surface area contributed by atoms with Crippen LogP contribution in [0, 0.1) is 0 Å². The van der Waals surface area contributed by atoms with Crippen LogP contribution >= 0.6 is 9.39 Å². The number of benzene rings is 1. The number of aryl methyl sites for hydroxylation is 1. The summed E-state index contributed by atoms with van der Waals surface area (Å²) in [7, 11) is -1.31. The van der Waals surface area contributed by atoms with E-state index in [9.17, 15) is 13.2 Å². The molecule has 0 saturated carbocycles. The Labute approximate surface area is 134 Å². The molecule has 0 aromatic heterocycles. The molecule has 122 valence electrons. The average molecular weight is 342 g/mol. The minimum atomic E-state index is -3.79.